The molecule has 0 saturated heterocycles. The zero-order valence-corrected chi connectivity index (χ0v) is 12.6. The summed E-state index contributed by atoms with van der Waals surface area (Å²) in [6.07, 6.45) is 0.337. The van der Waals surface area contributed by atoms with Crippen LogP contribution in [0.3, 0.4) is 0 Å². The zero-order chi connectivity index (χ0) is 15.7. The number of hydrogen-bond acceptors (Lipinski definition) is 2. The van der Waals surface area contributed by atoms with Gasteiger partial charge in [-0.3, -0.25) is 9.59 Å². The smallest absolute Gasteiger partial charge is 0.251 e. The van der Waals surface area contributed by atoms with E-state index in [1.54, 1.807) is 18.2 Å². The van der Waals surface area contributed by atoms with Crippen LogP contribution in [0.15, 0.2) is 42.5 Å². The summed E-state index contributed by atoms with van der Waals surface area (Å²) in [5.74, 6) is -0.156. The third kappa shape index (κ3) is 2.86. The number of hydrogen-bond donors (Lipinski definition) is 2. The SMILES string of the molecule is Cc1cccc([C@@H](C)NC(=O)c2ccc3c(c2)CC(=O)N3)c1. The van der Waals surface area contributed by atoms with Gasteiger partial charge in [-0.05, 0) is 43.2 Å². The second-order valence-electron chi connectivity index (χ2n) is 5.71. The van der Waals surface area contributed by atoms with Crippen LogP contribution in [0.5, 0.6) is 0 Å². The van der Waals surface area contributed by atoms with Gasteiger partial charge in [-0.15, -0.1) is 0 Å². The van der Waals surface area contributed by atoms with Crippen molar-refractivity contribution in [2.75, 3.05) is 5.32 Å². The Bertz CT molecular complexity index is 753. The normalized spacial score (nSPS) is 14.2. The molecule has 0 bridgehead atoms. The van der Waals surface area contributed by atoms with Crippen LogP contribution in [0.1, 0.15) is 40.0 Å². The molecule has 22 heavy (non-hydrogen) atoms. The second-order valence-corrected chi connectivity index (χ2v) is 5.71. The third-order valence-electron chi connectivity index (χ3n) is 3.88. The standard InChI is InChI=1S/C18H18N2O2/c1-11-4-3-5-13(8-11)12(2)19-18(22)14-6-7-16-15(9-14)10-17(21)20-16/h3-9,12H,10H2,1-2H3,(H,19,22)(H,20,21)/t12-/m1/s1. The largest absolute Gasteiger partial charge is 0.346 e. The molecule has 3 rings (SSSR count). The molecule has 1 aliphatic heterocycles. The topological polar surface area (TPSA) is 58.2 Å². The number of aryl methyl sites for hydroxylation is 1. The van der Waals surface area contributed by atoms with Crippen LogP contribution in [0, 0.1) is 6.92 Å². The predicted molar refractivity (Wildman–Crippen MR) is 85.8 cm³/mol. The summed E-state index contributed by atoms with van der Waals surface area (Å²) in [7, 11) is 0. The molecule has 0 fully saturated rings. The van der Waals surface area contributed by atoms with E-state index in [0.717, 1.165) is 16.8 Å². The fraction of sp³-hybridized carbons (Fsp3) is 0.222. The molecule has 2 aromatic rings. The Labute approximate surface area is 129 Å². The molecule has 0 saturated carbocycles. The molecule has 0 unspecified atom stereocenters. The van der Waals surface area contributed by atoms with Gasteiger partial charge in [0.1, 0.15) is 0 Å². The lowest BCUT2D eigenvalue weighted by molar-refractivity contribution is -0.115. The molecular weight excluding hydrogens is 276 g/mol. The van der Waals surface area contributed by atoms with Crippen LogP contribution in [0.4, 0.5) is 5.69 Å². The lowest BCUT2D eigenvalue weighted by atomic mass is 10.0. The van der Waals surface area contributed by atoms with Crippen molar-refractivity contribution in [2.45, 2.75) is 26.3 Å². The number of anilines is 1. The van der Waals surface area contributed by atoms with Crippen LogP contribution in [0.2, 0.25) is 0 Å². The summed E-state index contributed by atoms with van der Waals surface area (Å²) < 4.78 is 0. The van der Waals surface area contributed by atoms with Gasteiger partial charge in [0.05, 0.1) is 12.5 Å². The molecule has 1 heterocycles. The lowest BCUT2D eigenvalue weighted by Crippen LogP contribution is -2.26. The van der Waals surface area contributed by atoms with E-state index in [9.17, 15) is 9.59 Å². The number of rotatable bonds is 3. The van der Waals surface area contributed by atoms with E-state index in [2.05, 4.69) is 16.7 Å². The van der Waals surface area contributed by atoms with Crippen molar-refractivity contribution in [3.63, 3.8) is 0 Å². The van der Waals surface area contributed by atoms with Gasteiger partial charge in [0.15, 0.2) is 0 Å². The number of carbonyl (C=O) groups excluding carboxylic acids is 2. The average molecular weight is 294 g/mol. The van der Waals surface area contributed by atoms with E-state index < -0.39 is 0 Å². The molecule has 4 nitrogen and oxygen atoms in total. The third-order valence-corrected chi connectivity index (χ3v) is 3.88. The Morgan fingerprint density at radius 3 is 2.82 bits per heavy atom. The maximum Gasteiger partial charge on any atom is 0.251 e. The summed E-state index contributed by atoms with van der Waals surface area (Å²) in [4.78, 5) is 23.7. The highest BCUT2D eigenvalue weighted by Crippen LogP contribution is 2.24. The van der Waals surface area contributed by atoms with Crippen molar-refractivity contribution in [3.05, 3.63) is 64.7 Å². The molecule has 2 N–H and O–H groups in total. The molecule has 1 aliphatic rings. The number of nitrogens with one attached hydrogen (secondary N) is 2. The predicted octanol–water partition coefficient (Wildman–Crippen LogP) is 2.98. The van der Waals surface area contributed by atoms with Gasteiger partial charge in [0, 0.05) is 11.3 Å². The summed E-state index contributed by atoms with van der Waals surface area (Å²) in [6.45, 7) is 3.99. The molecule has 2 aromatic carbocycles. The lowest BCUT2D eigenvalue weighted by Gasteiger charge is -2.15. The molecule has 4 heteroatoms. The quantitative estimate of drug-likeness (QED) is 0.914. The van der Waals surface area contributed by atoms with E-state index in [-0.39, 0.29) is 17.9 Å². The van der Waals surface area contributed by atoms with Crippen molar-refractivity contribution in [3.8, 4) is 0 Å². The van der Waals surface area contributed by atoms with Crippen molar-refractivity contribution >= 4 is 17.5 Å². The van der Waals surface area contributed by atoms with Crippen LogP contribution >= 0.6 is 0 Å². The van der Waals surface area contributed by atoms with Crippen molar-refractivity contribution < 1.29 is 9.59 Å². The van der Waals surface area contributed by atoms with Gasteiger partial charge in [0.2, 0.25) is 5.91 Å². The van der Waals surface area contributed by atoms with Crippen molar-refractivity contribution in [1.29, 1.82) is 0 Å². The van der Waals surface area contributed by atoms with Crippen molar-refractivity contribution in [2.24, 2.45) is 0 Å². The second kappa shape index (κ2) is 5.64. The van der Waals surface area contributed by atoms with Gasteiger partial charge in [-0.2, -0.15) is 0 Å². The van der Waals surface area contributed by atoms with Gasteiger partial charge in [-0.1, -0.05) is 29.8 Å². The van der Waals surface area contributed by atoms with E-state index in [1.165, 1.54) is 5.56 Å². The van der Waals surface area contributed by atoms with Crippen LogP contribution in [-0.4, -0.2) is 11.8 Å². The Balaban J connectivity index is 1.75. The maximum absolute atomic E-state index is 12.4. The van der Waals surface area contributed by atoms with Crippen LogP contribution in [0.25, 0.3) is 0 Å². The molecule has 1 atom stereocenters. The summed E-state index contributed by atoms with van der Waals surface area (Å²) >= 11 is 0. The Morgan fingerprint density at radius 2 is 2.05 bits per heavy atom. The zero-order valence-electron chi connectivity index (χ0n) is 12.6. The van der Waals surface area contributed by atoms with Gasteiger partial charge >= 0.3 is 0 Å². The monoisotopic (exact) mass is 294 g/mol. The van der Waals surface area contributed by atoms with E-state index >= 15 is 0 Å². The maximum atomic E-state index is 12.4. The number of benzene rings is 2. The van der Waals surface area contributed by atoms with Crippen LogP contribution < -0.4 is 10.6 Å². The van der Waals surface area contributed by atoms with Gasteiger partial charge < -0.3 is 10.6 Å². The minimum Gasteiger partial charge on any atom is -0.346 e. The number of carbonyl (C=O) groups is 2. The average Bonchev–Trinajstić information content (AvgIpc) is 2.86. The van der Waals surface area contributed by atoms with E-state index in [0.29, 0.717) is 12.0 Å². The minimum absolute atomic E-state index is 0.0271. The first-order valence-corrected chi connectivity index (χ1v) is 7.33. The Kier molecular flexibility index (Phi) is 3.67. The Hall–Kier alpha value is -2.62. The molecule has 2 amide bonds. The molecule has 0 spiro atoms. The minimum atomic E-state index is -0.129. The molecule has 112 valence electrons. The fourth-order valence-corrected chi connectivity index (χ4v) is 2.67. The van der Waals surface area contributed by atoms with E-state index in [4.69, 9.17) is 0 Å². The molecule has 0 aromatic heterocycles. The highest BCUT2D eigenvalue weighted by atomic mass is 16.2. The first-order valence-electron chi connectivity index (χ1n) is 7.33. The van der Waals surface area contributed by atoms with Gasteiger partial charge in [-0.25, -0.2) is 0 Å². The van der Waals surface area contributed by atoms with Crippen LogP contribution in [-0.2, 0) is 11.2 Å². The highest BCUT2D eigenvalue weighted by Gasteiger charge is 2.19. The molecular formula is C18H18N2O2. The first-order chi connectivity index (χ1) is 10.5. The van der Waals surface area contributed by atoms with Gasteiger partial charge in [0.25, 0.3) is 5.91 Å². The number of amides is 2. The fourth-order valence-electron chi connectivity index (χ4n) is 2.67. The highest BCUT2D eigenvalue weighted by molar-refractivity contribution is 6.01. The summed E-state index contributed by atoms with van der Waals surface area (Å²) in [6, 6.07) is 13.3. The Morgan fingerprint density at radius 1 is 1.23 bits per heavy atom. The number of fused-ring (bicyclic) bond motifs is 1. The van der Waals surface area contributed by atoms with E-state index in [1.807, 2.05) is 32.0 Å². The first kappa shape index (κ1) is 14.3. The molecule has 0 aliphatic carbocycles. The van der Waals surface area contributed by atoms with Crippen molar-refractivity contribution in [1.82, 2.24) is 5.32 Å². The summed E-state index contributed by atoms with van der Waals surface area (Å²) in [5, 5.41) is 5.76. The molecule has 0 radical (unpaired) electrons. The summed E-state index contributed by atoms with van der Waals surface area (Å²) in [5.41, 5.74) is 4.50.